The second-order valence-electron chi connectivity index (χ2n) is 7.24. The number of aromatic nitrogens is 1. The summed E-state index contributed by atoms with van der Waals surface area (Å²) in [7, 11) is -3.99. The van der Waals surface area contributed by atoms with E-state index in [1.54, 1.807) is 12.1 Å². The van der Waals surface area contributed by atoms with Crippen LogP contribution in [-0.2, 0) is 14.6 Å². The third-order valence-electron chi connectivity index (χ3n) is 4.98. The van der Waals surface area contributed by atoms with Crippen LogP contribution in [-0.4, -0.2) is 31.1 Å². The van der Waals surface area contributed by atoms with Crippen molar-refractivity contribution in [3.8, 4) is 11.7 Å². The van der Waals surface area contributed by atoms with Crippen LogP contribution < -0.4 is 5.32 Å². The van der Waals surface area contributed by atoms with Crippen LogP contribution in [0.5, 0.6) is 0 Å². The molecule has 10 heteroatoms. The van der Waals surface area contributed by atoms with Crippen molar-refractivity contribution in [2.45, 2.75) is 53.2 Å². The number of carbonyl (C=O) groups is 1. The van der Waals surface area contributed by atoms with Crippen LogP contribution >= 0.6 is 23.4 Å². The van der Waals surface area contributed by atoms with E-state index in [-0.39, 0.29) is 38.6 Å². The maximum atomic E-state index is 13.2. The molecule has 2 heterocycles. The fourth-order valence-corrected chi connectivity index (χ4v) is 5.90. The zero-order valence-electron chi connectivity index (χ0n) is 16.5. The molecule has 3 aromatic rings. The quantitative estimate of drug-likeness (QED) is 0.476. The van der Waals surface area contributed by atoms with Gasteiger partial charge in [0.1, 0.15) is 0 Å². The number of carbonyl (C=O) groups excluding carboxylic acids is 1. The number of halogens is 1. The highest BCUT2D eigenvalue weighted by Gasteiger charge is 2.30. The van der Waals surface area contributed by atoms with E-state index in [2.05, 4.69) is 10.3 Å². The van der Waals surface area contributed by atoms with Crippen molar-refractivity contribution in [3.05, 3.63) is 47.7 Å². The van der Waals surface area contributed by atoms with E-state index in [1.807, 2.05) is 0 Å². The standard InChI is InChI=1S/C21H21ClN2O5S2/c22-14-8-10-16(11-9-14)31(26,27)20-21(29-19(24-20)17-7-4-12-28-17)30-13-18(25)23-15-5-2-1-3-6-15/h4,7-12,15H,1-3,5-6,13H2,(H,23,25). The van der Waals surface area contributed by atoms with Gasteiger partial charge in [-0.2, -0.15) is 4.98 Å². The number of benzene rings is 1. The molecule has 0 atom stereocenters. The van der Waals surface area contributed by atoms with E-state index in [0.29, 0.717) is 10.8 Å². The Bertz CT molecular complexity index is 1140. The summed E-state index contributed by atoms with van der Waals surface area (Å²) in [4.78, 5) is 16.6. The molecule has 1 fully saturated rings. The minimum absolute atomic E-state index is 0.0203. The zero-order chi connectivity index (χ0) is 21.8. The molecule has 0 bridgehead atoms. The van der Waals surface area contributed by atoms with Crippen molar-refractivity contribution >= 4 is 39.1 Å². The van der Waals surface area contributed by atoms with E-state index in [4.69, 9.17) is 20.4 Å². The first kappa shape index (κ1) is 22.0. The van der Waals surface area contributed by atoms with E-state index in [9.17, 15) is 13.2 Å². The molecule has 0 spiro atoms. The van der Waals surface area contributed by atoms with Crippen LogP contribution in [0.4, 0.5) is 0 Å². The highest BCUT2D eigenvalue weighted by Crippen LogP contribution is 2.35. The number of hydrogen-bond acceptors (Lipinski definition) is 7. The zero-order valence-corrected chi connectivity index (χ0v) is 18.9. The summed E-state index contributed by atoms with van der Waals surface area (Å²) in [5, 5.41) is 3.22. The fourth-order valence-electron chi connectivity index (χ4n) is 3.43. The number of thioether (sulfide) groups is 1. The Morgan fingerprint density at radius 1 is 1.16 bits per heavy atom. The van der Waals surface area contributed by atoms with Gasteiger partial charge in [-0.15, -0.1) is 0 Å². The van der Waals surface area contributed by atoms with Crippen molar-refractivity contribution < 1.29 is 22.0 Å². The number of amides is 1. The van der Waals surface area contributed by atoms with E-state index in [0.717, 1.165) is 37.4 Å². The van der Waals surface area contributed by atoms with Crippen LogP contribution in [0.2, 0.25) is 5.02 Å². The van der Waals surface area contributed by atoms with Crippen LogP contribution in [0.15, 0.2) is 66.5 Å². The molecule has 1 amide bonds. The van der Waals surface area contributed by atoms with Gasteiger partial charge in [0.05, 0.1) is 16.9 Å². The molecular weight excluding hydrogens is 460 g/mol. The first-order chi connectivity index (χ1) is 14.9. The highest BCUT2D eigenvalue weighted by molar-refractivity contribution is 8.00. The summed E-state index contributed by atoms with van der Waals surface area (Å²) in [5.74, 6) is 0.188. The summed E-state index contributed by atoms with van der Waals surface area (Å²) in [6, 6.07) is 9.24. The normalized spacial score (nSPS) is 15.1. The Hall–Kier alpha value is -2.23. The second-order valence-corrected chi connectivity index (χ2v) is 10.5. The molecule has 31 heavy (non-hydrogen) atoms. The molecule has 1 saturated carbocycles. The van der Waals surface area contributed by atoms with E-state index >= 15 is 0 Å². The molecular formula is C21H21ClN2O5S2. The van der Waals surface area contributed by atoms with Crippen molar-refractivity contribution in [3.63, 3.8) is 0 Å². The van der Waals surface area contributed by atoms with Gasteiger partial charge < -0.3 is 14.2 Å². The van der Waals surface area contributed by atoms with Crippen LogP contribution in [0.1, 0.15) is 32.1 Å². The first-order valence-electron chi connectivity index (χ1n) is 9.91. The molecule has 164 valence electrons. The molecule has 1 aliphatic carbocycles. The summed E-state index contributed by atoms with van der Waals surface area (Å²) in [6.07, 6.45) is 6.79. The van der Waals surface area contributed by atoms with Crippen LogP contribution in [0.25, 0.3) is 11.7 Å². The number of furan rings is 1. The topological polar surface area (TPSA) is 102 Å². The summed E-state index contributed by atoms with van der Waals surface area (Å²) in [6.45, 7) is 0. The third-order valence-corrected chi connectivity index (χ3v) is 7.99. The fraction of sp³-hybridized carbons (Fsp3) is 0.333. The van der Waals surface area contributed by atoms with Gasteiger partial charge in [0.15, 0.2) is 5.76 Å². The number of hydrogen-bond donors (Lipinski definition) is 1. The molecule has 4 rings (SSSR count). The van der Waals surface area contributed by atoms with E-state index in [1.165, 1.54) is 36.9 Å². The number of rotatable bonds is 7. The van der Waals surface area contributed by atoms with Crippen molar-refractivity contribution in [1.29, 1.82) is 0 Å². The van der Waals surface area contributed by atoms with Gasteiger partial charge in [-0.25, -0.2) is 8.42 Å². The Morgan fingerprint density at radius 3 is 2.58 bits per heavy atom. The highest BCUT2D eigenvalue weighted by atomic mass is 35.5. The predicted molar refractivity (Wildman–Crippen MR) is 117 cm³/mol. The minimum atomic E-state index is -3.99. The lowest BCUT2D eigenvalue weighted by Gasteiger charge is -2.22. The average Bonchev–Trinajstić information content (AvgIpc) is 3.43. The van der Waals surface area contributed by atoms with Gasteiger partial charge in [-0.1, -0.05) is 42.6 Å². The molecule has 1 aromatic carbocycles. The Balaban J connectivity index is 1.58. The first-order valence-corrected chi connectivity index (χ1v) is 12.8. The molecule has 1 aliphatic rings. The van der Waals surface area contributed by atoms with Gasteiger partial charge in [-0.3, -0.25) is 4.79 Å². The number of nitrogens with one attached hydrogen (secondary N) is 1. The number of sulfone groups is 1. The number of nitrogens with zero attached hydrogens (tertiary/aromatic N) is 1. The van der Waals surface area contributed by atoms with Gasteiger partial charge in [0.2, 0.25) is 25.9 Å². The molecule has 1 N–H and O–H groups in total. The Morgan fingerprint density at radius 2 is 1.90 bits per heavy atom. The molecule has 0 unspecified atom stereocenters. The maximum absolute atomic E-state index is 13.2. The summed E-state index contributed by atoms with van der Waals surface area (Å²) >= 11 is 6.88. The predicted octanol–water partition coefficient (Wildman–Crippen LogP) is 4.96. The largest absolute Gasteiger partial charge is 0.459 e. The van der Waals surface area contributed by atoms with Crippen molar-refractivity contribution in [2.75, 3.05) is 5.75 Å². The lowest BCUT2D eigenvalue weighted by atomic mass is 9.95. The molecule has 7 nitrogen and oxygen atoms in total. The lowest BCUT2D eigenvalue weighted by molar-refractivity contribution is -0.119. The molecule has 0 aliphatic heterocycles. The minimum Gasteiger partial charge on any atom is -0.459 e. The Kier molecular flexibility index (Phi) is 6.74. The number of oxazole rings is 1. The van der Waals surface area contributed by atoms with Crippen LogP contribution in [0.3, 0.4) is 0 Å². The van der Waals surface area contributed by atoms with Gasteiger partial charge in [-0.05, 0) is 49.2 Å². The van der Waals surface area contributed by atoms with E-state index < -0.39 is 9.84 Å². The van der Waals surface area contributed by atoms with Crippen molar-refractivity contribution in [2.24, 2.45) is 0 Å². The van der Waals surface area contributed by atoms with Crippen LogP contribution in [0, 0.1) is 0 Å². The average molecular weight is 481 g/mol. The Labute approximate surface area is 189 Å². The lowest BCUT2D eigenvalue weighted by Crippen LogP contribution is -2.37. The molecule has 0 radical (unpaired) electrons. The molecule has 2 aromatic heterocycles. The van der Waals surface area contributed by atoms with Gasteiger partial charge >= 0.3 is 0 Å². The van der Waals surface area contributed by atoms with Gasteiger partial charge in [0, 0.05) is 11.1 Å². The summed E-state index contributed by atoms with van der Waals surface area (Å²) in [5.41, 5.74) is 0. The summed E-state index contributed by atoms with van der Waals surface area (Å²) < 4.78 is 37.4. The molecule has 0 saturated heterocycles. The second kappa shape index (κ2) is 9.50. The van der Waals surface area contributed by atoms with Gasteiger partial charge in [0.25, 0.3) is 5.89 Å². The monoisotopic (exact) mass is 480 g/mol. The smallest absolute Gasteiger partial charge is 0.265 e. The third kappa shape index (κ3) is 5.16. The van der Waals surface area contributed by atoms with Crippen molar-refractivity contribution in [1.82, 2.24) is 10.3 Å². The SMILES string of the molecule is O=C(CSc1oc(-c2ccco2)nc1S(=O)(=O)c1ccc(Cl)cc1)NC1CCCCC1. The maximum Gasteiger partial charge on any atom is 0.265 e.